The highest BCUT2D eigenvalue weighted by Crippen LogP contribution is 2.30. The minimum Gasteiger partial charge on any atom is -0.470 e. The number of anilines is 1. The van der Waals surface area contributed by atoms with Gasteiger partial charge in [0.25, 0.3) is 0 Å². The van der Waals surface area contributed by atoms with E-state index in [-0.39, 0.29) is 6.10 Å². The molecule has 0 saturated carbocycles. The summed E-state index contributed by atoms with van der Waals surface area (Å²) in [6, 6.07) is 5.99. The Morgan fingerprint density at radius 2 is 2.06 bits per heavy atom. The average Bonchev–Trinajstić information content (AvgIpc) is 3.20. The summed E-state index contributed by atoms with van der Waals surface area (Å²) in [5.41, 5.74) is 3.59. The molecule has 164 valence electrons. The molecule has 31 heavy (non-hydrogen) atoms. The second-order valence-electron chi connectivity index (χ2n) is 7.21. The van der Waals surface area contributed by atoms with Crippen LogP contribution < -0.4 is 15.4 Å². The zero-order valence-corrected chi connectivity index (χ0v) is 17.7. The van der Waals surface area contributed by atoms with E-state index in [1.165, 1.54) is 6.07 Å². The maximum Gasteiger partial charge on any atom is 0.237 e. The molecule has 4 rings (SSSR count). The fourth-order valence-electron chi connectivity index (χ4n) is 3.13. The Balaban J connectivity index is 0.000000858. The van der Waals surface area contributed by atoms with Gasteiger partial charge in [-0.1, -0.05) is 12.1 Å². The van der Waals surface area contributed by atoms with E-state index in [4.69, 9.17) is 4.74 Å². The molecule has 0 bridgehead atoms. The van der Waals surface area contributed by atoms with Crippen molar-refractivity contribution in [3.05, 3.63) is 72.7 Å². The predicted molar refractivity (Wildman–Crippen MR) is 118 cm³/mol. The molecule has 0 saturated heterocycles. The number of hydrogen-bond acceptors (Lipinski definition) is 5. The molecule has 1 aliphatic heterocycles. The van der Waals surface area contributed by atoms with Crippen LogP contribution in [0.2, 0.25) is 0 Å². The summed E-state index contributed by atoms with van der Waals surface area (Å²) < 4.78 is 33.9. The molecule has 1 unspecified atom stereocenters. The summed E-state index contributed by atoms with van der Waals surface area (Å²) >= 11 is 0. The number of allylic oxidation sites excluding steroid dienone is 1. The summed E-state index contributed by atoms with van der Waals surface area (Å²) in [6.07, 6.45) is 7.81. The first-order valence-corrected chi connectivity index (χ1v) is 10.1. The van der Waals surface area contributed by atoms with Gasteiger partial charge in [0.2, 0.25) is 5.88 Å². The largest absolute Gasteiger partial charge is 0.470 e. The first-order chi connectivity index (χ1) is 15.0. The first-order valence-electron chi connectivity index (χ1n) is 10.1. The Morgan fingerprint density at radius 3 is 2.77 bits per heavy atom. The van der Waals surface area contributed by atoms with E-state index in [0.717, 1.165) is 28.4 Å². The van der Waals surface area contributed by atoms with E-state index in [9.17, 15) is 8.78 Å². The Morgan fingerprint density at radius 1 is 1.26 bits per heavy atom. The normalized spacial score (nSPS) is 14.5. The lowest BCUT2D eigenvalue weighted by atomic mass is 10.1. The van der Waals surface area contributed by atoms with E-state index >= 15 is 0 Å². The first kappa shape index (κ1) is 22.4. The van der Waals surface area contributed by atoms with Crippen LogP contribution >= 0.6 is 0 Å². The van der Waals surface area contributed by atoms with Crippen LogP contribution in [-0.2, 0) is 13.5 Å². The van der Waals surface area contributed by atoms with Crippen LogP contribution in [0.5, 0.6) is 5.88 Å². The number of aromatic nitrogens is 3. The van der Waals surface area contributed by atoms with E-state index in [0.29, 0.717) is 31.9 Å². The van der Waals surface area contributed by atoms with Gasteiger partial charge >= 0.3 is 0 Å². The Kier molecular flexibility index (Phi) is 7.72. The molecule has 0 spiro atoms. The topological polar surface area (TPSA) is 64.0 Å². The number of benzene rings is 1. The smallest absolute Gasteiger partial charge is 0.237 e. The fourth-order valence-corrected chi connectivity index (χ4v) is 3.13. The molecule has 0 amide bonds. The van der Waals surface area contributed by atoms with Gasteiger partial charge in [-0.3, -0.25) is 4.68 Å². The molecule has 0 fully saturated rings. The third-order valence-electron chi connectivity index (χ3n) is 4.63. The molecule has 2 aromatic heterocycles. The maximum atomic E-state index is 13.2. The lowest BCUT2D eigenvalue weighted by Crippen LogP contribution is -2.40. The van der Waals surface area contributed by atoms with Crippen molar-refractivity contribution in [2.24, 2.45) is 7.05 Å². The molecule has 1 aromatic carbocycles. The Hall–Kier alpha value is -3.26. The van der Waals surface area contributed by atoms with Crippen LogP contribution in [0, 0.1) is 11.6 Å². The van der Waals surface area contributed by atoms with Gasteiger partial charge in [-0.25, -0.2) is 13.8 Å². The second kappa shape index (κ2) is 10.7. The molecule has 1 aliphatic rings. The van der Waals surface area contributed by atoms with Gasteiger partial charge in [0.15, 0.2) is 11.6 Å². The molecule has 3 aromatic rings. The van der Waals surface area contributed by atoms with Crippen LogP contribution in [-0.4, -0.2) is 40.5 Å². The third-order valence-corrected chi connectivity index (χ3v) is 4.63. The van der Waals surface area contributed by atoms with Gasteiger partial charge < -0.3 is 15.4 Å². The number of rotatable bonds is 6. The Labute approximate surface area is 181 Å². The number of aryl methyl sites for hydroxylation is 1. The number of ether oxygens (including phenoxy) is 1. The summed E-state index contributed by atoms with van der Waals surface area (Å²) in [7, 11) is 1.88. The SMILES string of the molecule is C=CC.Cn1cc(-c2cnc3c(c2)NCC(CNCCc2ccc(F)c(F)c2)O3)cn1. The molecule has 0 aliphatic carbocycles. The summed E-state index contributed by atoms with van der Waals surface area (Å²) in [5.74, 6) is -1.06. The van der Waals surface area contributed by atoms with Crippen molar-refractivity contribution in [1.82, 2.24) is 20.1 Å². The van der Waals surface area contributed by atoms with Gasteiger partial charge in [0.1, 0.15) is 6.10 Å². The van der Waals surface area contributed by atoms with Gasteiger partial charge in [-0.2, -0.15) is 5.10 Å². The minimum absolute atomic E-state index is 0.0609. The summed E-state index contributed by atoms with van der Waals surface area (Å²) in [5, 5.41) is 10.8. The molecule has 1 atom stereocenters. The highest BCUT2D eigenvalue weighted by atomic mass is 19.2. The van der Waals surface area contributed by atoms with Crippen molar-refractivity contribution in [2.75, 3.05) is 25.0 Å². The number of nitrogens with one attached hydrogen (secondary N) is 2. The van der Waals surface area contributed by atoms with Crippen LogP contribution in [0.4, 0.5) is 14.5 Å². The van der Waals surface area contributed by atoms with E-state index in [1.807, 2.05) is 26.2 Å². The van der Waals surface area contributed by atoms with Crippen LogP contribution in [0.3, 0.4) is 0 Å². The lowest BCUT2D eigenvalue weighted by molar-refractivity contribution is 0.194. The zero-order valence-electron chi connectivity index (χ0n) is 17.7. The van der Waals surface area contributed by atoms with E-state index in [1.54, 1.807) is 29.2 Å². The summed E-state index contributed by atoms with van der Waals surface area (Å²) in [6.45, 7) is 7.18. The van der Waals surface area contributed by atoms with Crippen molar-refractivity contribution in [3.8, 4) is 17.0 Å². The molecular formula is C23H27F2N5O. The van der Waals surface area contributed by atoms with Crippen molar-refractivity contribution in [1.29, 1.82) is 0 Å². The zero-order chi connectivity index (χ0) is 22.2. The van der Waals surface area contributed by atoms with Gasteiger partial charge in [0.05, 0.1) is 18.4 Å². The summed E-state index contributed by atoms with van der Waals surface area (Å²) in [4.78, 5) is 4.42. The van der Waals surface area contributed by atoms with Gasteiger partial charge in [0, 0.05) is 37.1 Å². The quantitative estimate of drug-likeness (QED) is 0.461. The standard InChI is InChI=1S/C20H21F2N5O.C3H6/c1-27-12-15(9-26-27)14-7-19-20(25-8-14)28-16(11-24-19)10-23-5-4-13-2-3-17(21)18(22)6-13;1-3-2/h2-3,6-9,12,16,23-24H,4-5,10-11H2,1H3;3H,1H2,2H3. The number of nitrogens with zero attached hydrogens (tertiary/aromatic N) is 3. The molecule has 6 nitrogen and oxygen atoms in total. The predicted octanol–water partition coefficient (Wildman–Crippen LogP) is 3.96. The Bertz CT molecular complexity index is 1020. The van der Waals surface area contributed by atoms with Gasteiger partial charge in [-0.15, -0.1) is 6.58 Å². The van der Waals surface area contributed by atoms with Crippen molar-refractivity contribution < 1.29 is 13.5 Å². The van der Waals surface area contributed by atoms with Crippen molar-refractivity contribution in [3.63, 3.8) is 0 Å². The van der Waals surface area contributed by atoms with Crippen molar-refractivity contribution in [2.45, 2.75) is 19.4 Å². The molecule has 2 N–H and O–H groups in total. The number of hydrogen-bond donors (Lipinski definition) is 2. The van der Waals surface area contributed by atoms with Crippen LogP contribution in [0.15, 0.2) is 55.5 Å². The lowest BCUT2D eigenvalue weighted by Gasteiger charge is -2.27. The van der Waals surface area contributed by atoms with Crippen LogP contribution in [0.25, 0.3) is 11.1 Å². The molecular weight excluding hydrogens is 400 g/mol. The van der Waals surface area contributed by atoms with E-state index < -0.39 is 11.6 Å². The van der Waals surface area contributed by atoms with Gasteiger partial charge in [-0.05, 0) is 43.7 Å². The van der Waals surface area contributed by atoms with Crippen LogP contribution in [0.1, 0.15) is 12.5 Å². The number of halogens is 2. The third kappa shape index (κ3) is 6.11. The number of fused-ring (bicyclic) bond motifs is 1. The highest BCUT2D eigenvalue weighted by molar-refractivity contribution is 5.69. The minimum atomic E-state index is -0.823. The molecule has 3 heterocycles. The average molecular weight is 427 g/mol. The fraction of sp³-hybridized carbons (Fsp3) is 0.304. The molecule has 8 heteroatoms. The monoisotopic (exact) mass is 427 g/mol. The number of pyridine rings is 1. The van der Waals surface area contributed by atoms with E-state index in [2.05, 4.69) is 27.3 Å². The molecule has 0 radical (unpaired) electrons. The maximum absolute atomic E-state index is 13.2. The second-order valence-corrected chi connectivity index (χ2v) is 7.21. The van der Waals surface area contributed by atoms with Crippen molar-refractivity contribution >= 4 is 5.69 Å². The highest BCUT2D eigenvalue weighted by Gasteiger charge is 2.20.